The van der Waals surface area contributed by atoms with E-state index >= 15 is 0 Å². The predicted octanol–water partition coefficient (Wildman–Crippen LogP) is 4.94. The summed E-state index contributed by atoms with van der Waals surface area (Å²) in [6.45, 7) is 6.85. The van der Waals surface area contributed by atoms with Crippen LogP contribution in [0.4, 0.5) is 0 Å². The van der Waals surface area contributed by atoms with E-state index in [1.807, 2.05) is 6.92 Å². The summed E-state index contributed by atoms with van der Waals surface area (Å²) in [6, 6.07) is 0. The Labute approximate surface area is 162 Å². The van der Waals surface area contributed by atoms with Crippen LogP contribution in [0.1, 0.15) is 110 Å². The Morgan fingerprint density at radius 3 is 1.81 bits per heavy atom. The van der Waals surface area contributed by atoms with Gasteiger partial charge in [-0.1, -0.05) is 84.5 Å². The Morgan fingerprint density at radius 2 is 1.27 bits per heavy atom. The summed E-state index contributed by atoms with van der Waals surface area (Å²) >= 11 is 0. The number of nitrogens with one attached hydrogen (secondary N) is 2. The van der Waals surface area contributed by atoms with Crippen LogP contribution >= 0.6 is 0 Å². The van der Waals surface area contributed by atoms with E-state index in [1.165, 1.54) is 90.1 Å². The lowest BCUT2D eigenvalue weighted by Crippen LogP contribution is -2.31. The smallest absolute Gasteiger partial charge is 0.219 e. The van der Waals surface area contributed by atoms with Gasteiger partial charge in [0.1, 0.15) is 0 Å². The second kappa shape index (κ2) is 20.7. The average Bonchev–Trinajstić information content (AvgIpc) is 2.65. The fraction of sp³-hybridized carbons (Fsp3) is 0.955. The van der Waals surface area contributed by atoms with Crippen LogP contribution in [0.5, 0.6) is 0 Å². The molecule has 0 bridgehead atoms. The Kier molecular flexibility index (Phi) is 20.2. The van der Waals surface area contributed by atoms with Gasteiger partial charge in [-0.25, -0.2) is 0 Å². The fourth-order valence-corrected chi connectivity index (χ4v) is 3.13. The number of carbonyl (C=O) groups is 1. The van der Waals surface area contributed by atoms with Gasteiger partial charge in [-0.2, -0.15) is 0 Å². The first kappa shape index (κ1) is 25.4. The number of unbranched alkanes of at least 4 members (excludes halogenated alkanes) is 11. The van der Waals surface area contributed by atoms with Gasteiger partial charge in [-0.3, -0.25) is 4.79 Å². The molecule has 0 spiro atoms. The summed E-state index contributed by atoms with van der Waals surface area (Å²) in [5, 5.41) is 16.1. The molecular weight excluding hydrogens is 324 g/mol. The lowest BCUT2D eigenvalue weighted by Gasteiger charge is -2.11. The van der Waals surface area contributed by atoms with Crippen molar-refractivity contribution in [2.75, 3.05) is 19.6 Å². The molecule has 26 heavy (non-hydrogen) atoms. The van der Waals surface area contributed by atoms with Crippen molar-refractivity contribution in [3.8, 4) is 0 Å². The van der Waals surface area contributed by atoms with Crippen molar-refractivity contribution < 1.29 is 9.90 Å². The monoisotopic (exact) mass is 370 g/mol. The molecule has 0 aliphatic heterocycles. The van der Waals surface area contributed by atoms with Gasteiger partial charge < -0.3 is 15.7 Å². The molecular formula is C22H46N2O2. The molecule has 0 heterocycles. The van der Waals surface area contributed by atoms with Crippen LogP contribution in [0.15, 0.2) is 0 Å². The molecule has 156 valence electrons. The van der Waals surface area contributed by atoms with Crippen molar-refractivity contribution in [2.24, 2.45) is 0 Å². The highest BCUT2D eigenvalue weighted by Crippen LogP contribution is 2.10. The minimum Gasteiger partial charge on any atom is -0.391 e. The van der Waals surface area contributed by atoms with Crippen LogP contribution in [-0.2, 0) is 4.79 Å². The standard InChI is InChI=1S/C22H46N2O2/c1-3-5-6-7-12-15-18-23-19-16-13-10-8-9-11-14-17-21(25)20-24-22(26)4-2/h21,23,25H,3-20H2,1-2H3,(H,24,26). The van der Waals surface area contributed by atoms with Crippen LogP contribution in [0, 0.1) is 0 Å². The zero-order valence-electron chi connectivity index (χ0n) is 17.7. The molecule has 0 aliphatic rings. The summed E-state index contributed by atoms with van der Waals surface area (Å²) in [5.74, 6) is 0.0190. The van der Waals surface area contributed by atoms with E-state index < -0.39 is 0 Å². The predicted molar refractivity (Wildman–Crippen MR) is 112 cm³/mol. The first-order valence-electron chi connectivity index (χ1n) is 11.4. The minimum atomic E-state index is -0.386. The third-order valence-corrected chi connectivity index (χ3v) is 4.95. The maximum absolute atomic E-state index is 11.1. The lowest BCUT2D eigenvalue weighted by atomic mass is 10.1. The zero-order valence-corrected chi connectivity index (χ0v) is 17.7. The van der Waals surface area contributed by atoms with Crippen molar-refractivity contribution in [1.82, 2.24) is 10.6 Å². The number of amides is 1. The number of hydrogen-bond donors (Lipinski definition) is 3. The fourth-order valence-electron chi connectivity index (χ4n) is 3.13. The molecule has 0 saturated heterocycles. The molecule has 0 aliphatic carbocycles. The molecule has 0 aromatic carbocycles. The lowest BCUT2D eigenvalue weighted by molar-refractivity contribution is -0.121. The van der Waals surface area contributed by atoms with Gasteiger partial charge in [0.15, 0.2) is 0 Å². The van der Waals surface area contributed by atoms with Crippen LogP contribution in [-0.4, -0.2) is 36.8 Å². The molecule has 0 radical (unpaired) electrons. The van der Waals surface area contributed by atoms with E-state index in [0.29, 0.717) is 13.0 Å². The Hall–Kier alpha value is -0.610. The van der Waals surface area contributed by atoms with Gasteiger partial charge in [-0.15, -0.1) is 0 Å². The van der Waals surface area contributed by atoms with E-state index in [9.17, 15) is 9.90 Å². The first-order valence-corrected chi connectivity index (χ1v) is 11.4. The van der Waals surface area contributed by atoms with Crippen molar-refractivity contribution in [1.29, 1.82) is 0 Å². The summed E-state index contributed by atoms with van der Waals surface area (Å²) in [5.41, 5.74) is 0. The molecule has 0 aromatic rings. The number of rotatable bonds is 20. The molecule has 0 rings (SSSR count). The van der Waals surface area contributed by atoms with Crippen molar-refractivity contribution in [3.05, 3.63) is 0 Å². The van der Waals surface area contributed by atoms with E-state index in [1.54, 1.807) is 0 Å². The quantitative estimate of drug-likeness (QED) is 0.266. The third-order valence-electron chi connectivity index (χ3n) is 4.95. The van der Waals surface area contributed by atoms with Gasteiger partial charge in [0.05, 0.1) is 6.10 Å². The maximum Gasteiger partial charge on any atom is 0.219 e. The van der Waals surface area contributed by atoms with E-state index in [2.05, 4.69) is 17.6 Å². The molecule has 1 atom stereocenters. The molecule has 4 nitrogen and oxygen atoms in total. The van der Waals surface area contributed by atoms with E-state index in [-0.39, 0.29) is 12.0 Å². The second-order valence-corrected chi connectivity index (χ2v) is 7.59. The largest absolute Gasteiger partial charge is 0.391 e. The molecule has 1 amide bonds. The van der Waals surface area contributed by atoms with Crippen molar-refractivity contribution in [3.63, 3.8) is 0 Å². The number of carbonyl (C=O) groups excluding carboxylic acids is 1. The molecule has 0 fully saturated rings. The molecule has 3 N–H and O–H groups in total. The molecule has 4 heteroatoms. The number of aliphatic hydroxyl groups excluding tert-OH is 1. The highest BCUT2D eigenvalue weighted by atomic mass is 16.3. The van der Waals surface area contributed by atoms with Gasteiger partial charge in [0, 0.05) is 13.0 Å². The second-order valence-electron chi connectivity index (χ2n) is 7.59. The van der Waals surface area contributed by atoms with Gasteiger partial charge in [0.25, 0.3) is 0 Å². The topological polar surface area (TPSA) is 61.4 Å². The zero-order chi connectivity index (χ0) is 19.3. The molecule has 1 unspecified atom stereocenters. The summed E-state index contributed by atoms with van der Waals surface area (Å²) < 4.78 is 0. The van der Waals surface area contributed by atoms with Crippen molar-refractivity contribution >= 4 is 5.91 Å². The number of aliphatic hydroxyl groups is 1. The van der Waals surface area contributed by atoms with Crippen LogP contribution < -0.4 is 10.6 Å². The van der Waals surface area contributed by atoms with Crippen LogP contribution in [0.2, 0.25) is 0 Å². The Balaban J connectivity index is 3.12. The number of hydrogen-bond acceptors (Lipinski definition) is 3. The highest BCUT2D eigenvalue weighted by molar-refractivity contribution is 5.75. The normalized spacial score (nSPS) is 12.3. The third kappa shape index (κ3) is 19.7. The van der Waals surface area contributed by atoms with Gasteiger partial charge in [0.2, 0.25) is 5.91 Å². The summed E-state index contributed by atoms with van der Waals surface area (Å²) in [7, 11) is 0. The van der Waals surface area contributed by atoms with E-state index in [0.717, 1.165) is 12.8 Å². The van der Waals surface area contributed by atoms with Gasteiger partial charge in [-0.05, 0) is 32.4 Å². The van der Waals surface area contributed by atoms with Crippen LogP contribution in [0.3, 0.4) is 0 Å². The van der Waals surface area contributed by atoms with Gasteiger partial charge >= 0.3 is 0 Å². The van der Waals surface area contributed by atoms with E-state index in [4.69, 9.17) is 0 Å². The molecule has 0 saturated carbocycles. The van der Waals surface area contributed by atoms with Crippen LogP contribution in [0.25, 0.3) is 0 Å². The summed E-state index contributed by atoms with van der Waals surface area (Å²) in [6.07, 6.45) is 17.9. The SMILES string of the molecule is CCCCCCCCNCCCCCCCCCC(O)CNC(=O)CC. The Bertz CT molecular complexity index is 298. The van der Waals surface area contributed by atoms with Crippen molar-refractivity contribution in [2.45, 2.75) is 116 Å². The average molecular weight is 371 g/mol. The first-order chi connectivity index (χ1) is 12.7. The highest BCUT2D eigenvalue weighted by Gasteiger charge is 2.05. The summed E-state index contributed by atoms with van der Waals surface area (Å²) in [4.78, 5) is 11.1. The molecule has 0 aromatic heterocycles. The Morgan fingerprint density at radius 1 is 0.769 bits per heavy atom. The maximum atomic E-state index is 11.1. The minimum absolute atomic E-state index is 0.0190.